The molecule has 2 rings (SSSR count). The highest BCUT2D eigenvalue weighted by atomic mass is 19.1. The number of fused-ring (bicyclic) bond motifs is 1. The van der Waals surface area contributed by atoms with Gasteiger partial charge in [0.25, 0.3) is 0 Å². The van der Waals surface area contributed by atoms with Gasteiger partial charge in [0.2, 0.25) is 0 Å². The molecule has 0 spiro atoms. The van der Waals surface area contributed by atoms with E-state index in [2.05, 4.69) is 15.3 Å². The van der Waals surface area contributed by atoms with E-state index in [0.717, 1.165) is 11.4 Å². The van der Waals surface area contributed by atoms with Gasteiger partial charge in [0.15, 0.2) is 5.82 Å². The van der Waals surface area contributed by atoms with Crippen molar-refractivity contribution in [3.05, 3.63) is 11.8 Å². The summed E-state index contributed by atoms with van der Waals surface area (Å²) in [6.07, 6.45) is 0.0638. The Hall–Kier alpha value is -1.39. The van der Waals surface area contributed by atoms with E-state index in [0.29, 0.717) is 18.9 Å². The third kappa shape index (κ3) is 2.16. The summed E-state index contributed by atoms with van der Waals surface area (Å²) in [5, 5.41) is 3.13. The lowest BCUT2D eigenvalue weighted by atomic mass is 10.3. The Labute approximate surface area is 89.5 Å². The Bertz CT molecular complexity index is 340. The maximum absolute atomic E-state index is 12.9. The van der Waals surface area contributed by atoms with Gasteiger partial charge in [-0.25, -0.2) is 4.98 Å². The van der Waals surface area contributed by atoms with E-state index >= 15 is 0 Å². The Balaban J connectivity index is 0.000000531. The number of aromatic nitrogens is 2. The van der Waals surface area contributed by atoms with Gasteiger partial charge in [-0.1, -0.05) is 20.8 Å². The van der Waals surface area contributed by atoms with E-state index in [4.69, 9.17) is 0 Å². The number of nitrogens with zero attached hydrogens (tertiary/aromatic N) is 3. The second-order valence-electron chi connectivity index (χ2n) is 3.02. The van der Waals surface area contributed by atoms with Crippen molar-refractivity contribution in [2.24, 2.45) is 0 Å². The van der Waals surface area contributed by atoms with Gasteiger partial charge in [-0.3, -0.25) is 0 Å². The lowest BCUT2D eigenvalue weighted by molar-refractivity contribution is 0.534. The molecular weight excluding hydrogens is 195 g/mol. The molecule has 0 fully saturated rings. The fourth-order valence-corrected chi connectivity index (χ4v) is 1.45. The molecule has 5 heteroatoms. The molecule has 0 bridgehead atoms. The maximum Gasteiger partial charge on any atom is 0.310 e. The largest absolute Gasteiger partial charge is 0.363 e. The first kappa shape index (κ1) is 11.7. The number of rotatable bonds is 1. The van der Waals surface area contributed by atoms with Crippen LogP contribution in [0.3, 0.4) is 0 Å². The van der Waals surface area contributed by atoms with Gasteiger partial charge in [0.1, 0.15) is 5.69 Å². The van der Waals surface area contributed by atoms with Crippen molar-refractivity contribution in [1.82, 2.24) is 9.97 Å². The topological polar surface area (TPSA) is 41.1 Å². The molecule has 0 unspecified atom stereocenters. The molecule has 0 saturated heterocycles. The summed E-state index contributed by atoms with van der Waals surface area (Å²) < 4.78 is 12.9. The Kier molecular flexibility index (Phi) is 3.82. The second kappa shape index (κ2) is 4.91. The Morgan fingerprint density at radius 1 is 1.40 bits per heavy atom. The summed E-state index contributed by atoms with van der Waals surface area (Å²) in [6.45, 7) is 6.61. The first-order valence-electron chi connectivity index (χ1n) is 5.23. The summed E-state index contributed by atoms with van der Waals surface area (Å²) in [6, 6.07) is 0. The molecule has 0 saturated carbocycles. The second-order valence-corrected chi connectivity index (χ2v) is 3.02. The van der Waals surface area contributed by atoms with Crippen LogP contribution in [0.4, 0.5) is 15.9 Å². The normalized spacial score (nSPS) is 12.7. The average molecular weight is 212 g/mol. The number of aryl methyl sites for hydroxylation is 1. The highest BCUT2D eigenvalue weighted by molar-refractivity contribution is 5.72. The van der Waals surface area contributed by atoms with Crippen molar-refractivity contribution in [2.75, 3.05) is 23.9 Å². The van der Waals surface area contributed by atoms with Gasteiger partial charge in [0.05, 0.1) is 12.4 Å². The molecule has 0 aromatic carbocycles. The van der Waals surface area contributed by atoms with E-state index in [1.54, 1.807) is 0 Å². The summed E-state index contributed by atoms with van der Waals surface area (Å²) in [5.74, 6) is 0.657. The fraction of sp³-hybridized carbons (Fsp3) is 0.600. The van der Waals surface area contributed by atoms with Crippen LogP contribution in [0, 0.1) is 6.08 Å². The summed E-state index contributed by atoms with van der Waals surface area (Å²) in [4.78, 5) is 9.32. The Morgan fingerprint density at radius 3 is 2.67 bits per heavy atom. The molecule has 1 aliphatic heterocycles. The highest BCUT2D eigenvalue weighted by Crippen LogP contribution is 2.30. The molecular formula is C10H17FN4. The van der Waals surface area contributed by atoms with Crippen LogP contribution >= 0.6 is 0 Å². The van der Waals surface area contributed by atoms with Crippen molar-refractivity contribution in [2.45, 2.75) is 27.2 Å². The van der Waals surface area contributed by atoms with Crippen LogP contribution < -0.4 is 10.2 Å². The minimum absolute atomic E-state index is 0.647. The van der Waals surface area contributed by atoms with Crippen molar-refractivity contribution in [3.63, 3.8) is 0 Å². The minimum Gasteiger partial charge on any atom is -0.363 e. The molecule has 1 aromatic rings. The SMILES string of the molecule is CC.CCc1nc(F)nc2c1NCN2C. The van der Waals surface area contributed by atoms with Crippen LogP contribution in [0.5, 0.6) is 0 Å². The molecule has 2 heterocycles. The smallest absolute Gasteiger partial charge is 0.310 e. The van der Waals surface area contributed by atoms with E-state index < -0.39 is 6.08 Å². The fourth-order valence-electron chi connectivity index (χ4n) is 1.45. The lowest BCUT2D eigenvalue weighted by Gasteiger charge is -2.08. The Morgan fingerprint density at radius 2 is 2.07 bits per heavy atom. The van der Waals surface area contributed by atoms with E-state index in [-0.39, 0.29) is 0 Å². The molecule has 0 amide bonds. The molecule has 1 N–H and O–H groups in total. The predicted octanol–water partition coefficient (Wildman–Crippen LogP) is 2.02. The molecule has 4 nitrogen and oxygen atoms in total. The van der Waals surface area contributed by atoms with E-state index in [1.165, 1.54) is 0 Å². The maximum atomic E-state index is 12.9. The zero-order valence-electron chi connectivity index (χ0n) is 9.63. The quantitative estimate of drug-likeness (QED) is 0.723. The van der Waals surface area contributed by atoms with Gasteiger partial charge < -0.3 is 10.2 Å². The highest BCUT2D eigenvalue weighted by Gasteiger charge is 2.21. The zero-order chi connectivity index (χ0) is 11.4. The number of halogens is 1. The third-order valence-corrected chi connectivity index (χ3v) is 2.13. The first-order chi connectivity index (χ1) is 7.22. The van der Waals surface area contributed by atoms with Crippen molar-refractivity contribution in [3.8, 4) is 0 Å². The van der Waals surface area contributed by atoms with Crippen molar-refractivity contribution in [1.29, 1.82) is 0 Å². The standard InChI is InChI=1S/C8H11FN4.C2H6/c1-3-5-6-7(12-8(9)11-5)13(2)4-10-6;1-2/h10H,3-4H2,1-2H3;1-2H3. The van der Waals surface area contributed by atoms with Crippen LogP contribution in [0.2, 0.25) is 0 Å². The van der Waals surface area contributed by atoms with Crippen LogP contribution in [0.15, 0.2) is 0 Å². The van der Waals surface area contributed by atoms with Crippen molar-refractivity contribution >= 4 is 11.5 Å². The number of hydrogen-bond acceptors (Lipinski definition) is 4. The summed E-state index contributed by atoms with van der Waals surface area (Å²) in [7, 11) is 1.87. The van der Waals surface area contributed by atoms with Crippen LogP contribution in [0.1, 0.15) is 26.5 Å². The average Bonchev–Trinajstić information content (AvgIpc) is 2.62. The van der Waals surface area contributed by atoms with Gasteiger partial charge in [-0.05, 0) is 6.42 Å². The minimum atomic E-state index is -0.647. The summed E-state index contributed by atoms with van der Waals surface area (Å²) in [5.41, 5.74) is 1.61. The van der Waals surface area contributed by atoms with Crippen molar-refractivity contribution < 1.29 is 4.39 Å². The monoisotopic (exact) mass is 212 g/mol. The number of anilines is 2. The molecule has 1 aliphatic rings. The van der Waals surface area contributed by atoms with Gasteiger partial charge >= 0.3 is 6.08 Å². The molecule has 15 heavy (non-hydrogen) atoms. The van der Waals surface area contributed by atoms with Crippen LogP contribution in [-0.4, -0.2) is 23.7 Å². The molecule has 1 aromatic heterocycles. The summed E-state index contributed by atoms with van der Waals surface area (Å²) >= 11 is 0. The number of hydrogen-bond donors (Lipinski definition) is 1. The molecule has 84 valence electrons. The van der Waals surface area contributed by atoms with Crippen LogP contribution in [0.25, 0.3) is 0 Å². The van der Waals surface area contributed by atoms with E-state index in [1.807, 2.05) is 32.7 Å². The predicted molar refractivity (Wildman–Crippen MR) is 59.6 cm³/mol. The lowest BCUT2D eigenvalue weighted by Crippen LogP contribution is -2.16. The molecule has 0 atom stereocenters. The van der Waals surface area contributed by atoms with Gasteiger partial charge in [-0.2, -0.15) is 9.37 Å². The first-order valence-corrected chi connectivity index (χ1v) is 5.23. The molecule has 0 aliphatic carbocycles. The number of nitrogens with one attached hydrogen (secondary N) is 1. The van der Waals surface area contributed by atoms with Gasteiger partial charge in [-0.15, -0.1) is 0 Å². The van der Waals surface area contributed by atoms with E-state index in [9.17, 15) is 4.39 Å². The van der Waals surface area contributed by atoms with Crippen LogP contribution in [-0.2, 0) is 6.42 Å². The molecule has 0 radical (unpaired) electrons. The third-order valence-electron chi connectivity index (χ3n) is 2.13. The van der Waals surface area contributed by atoms with Gasteiger partial charge in [0, 0.05) is 7.05 Å². The zero-order valence-corrected chi connectivity index (χ0v) is 9.63.